The number of rotatable bonds is 5. The molecular weight excluding hydrogens is 392 g/mol. The van der Waals surface area contributed by atoms with Crippen molar-refractivity contribution in [3.8, 4) is 0 Å². The fraction of sp³-hybridized carbons (Fsp3) is 0.250. The smallest absolute Gasteiger partial charge is 0.0595 e. The minimum absolute atomic E-state index is 0.0234. The summed E-state index contributed by atoms with van der Waals surface area (Å²) in [7, 11) is 0. The van der Waals surface area contributed by atoms with Crippen molar-refractivity contribution in [2.75, 3.05) is 6.54 Å². The van der Waals surface area contributed by atoms with Crippen molar-refractivity contribution in [1.82, 2.24) is 5.32 Å². The number of halogens is 4. The van der Waals surface area contributed by atoms with Crippen molar-refractivity contribution in [2.24, 2.45) is 0 Å². The van der Waals surface area contributed by atoms with Gasteiger partial charge in [0, 0.05) is 9.50 Å². The summed E-state index contributed by atoms with van der Waals surface area (Å²) in [6, 6.07) is 11.5. The molecule has 0 fully saturated rings. The normalized spacial score (nSPS) is 12.4. The Kier molecular flexibility index (Phi) is 6.39. The van der Waals surface area contributed by atoms with Crippen LogP contribution in [-0.4, -0.2) is 6.54 Å². The first-order chi connectivity index (χ1) is 10.0. The lowest BCUT2D eigenvalue weighted by Crippen LogP contribution is -2.23. The molecule has 112 valence electrons. The molecule has 1 unspecified atom stereocenters. The summed E-state index contributed by atoms with van der Waals surface area (Å²) in [5.41, 5.74) is 2.05. The van der Waals surface area contributed by atoms with Gasteiger partial charge in [-0.2, -0.15) is 0 Å². The Morgan fingerprint density at radius 2 is 1.71 bits per heavy atom. The van der Waals surface area contributed by atoms with Crippen LogP contribution in [0, 0.1) is 0 Å². The molecule has 0 radical (unpaired) electrons. The van der Waals surface area contributed by atoms with Crippen LogP contribution in [0.3, 0.4) is 0 Å². The second-order valence-corrected chi connectivity index (χ2v) is 6.86. The first-order valence-electron chi connectivity index (χ1n) is 6.66. The number of benzene rings is 2. The van der Waals surface area contributed by atoms with E-state index in [1.165, 1.54) is 0 Å². The fourth-order valence-electron chi connectivity index (χ4n) is 2.12. The van der Waals surface area contributed by atoms with Gasteiger partial charge in [-0.15, -0.1) is 0 Å². The molecule has 2 aromatic carbocycles. The van der Waals surface area contributed by atoms with Gasteiger partial charge >= 0.3 is 0 Å². The molecule has 1 atom stereocenters. The Hall–Kier alpha value is -0.250. The molecule has 2 aromatic rings. The van der Waals surface area contributed by atoms with Gasteiger partial charge in [0.2, 0.25) is 0 Å². The SMILES string of the molecule is CCCNC(c1ccc(Cl)c(Cl)c1)c1cc(Br)ccc1Cl. The van der Waals surface area contributed by atoms with Crippen LogP contribution in [0.5, 0.6) is 0 Å². The highest BCUT2D eigenvalue weighted by molar-refractivity contribution is 9.10. The molecule has 0 saturated heterocycles. The molecule has 0 amide bonds. The molecule has 0 aliphatic heterocycles. The Morgan fingerprint density at radius 1 is 1.00 bits per heavy atom. The quantitative estimate of drug-likeness (QED) is 0.597. The van der Waals surface area contributed by atoms with Crippen LogP contribution in [0.4, 0.5) is 0 Å². The standard InChI is InChI=1S/C16H15BrCl3N/c1-2-7-21-16(10-3-5-14(19)15(20)8-10)12-9-11(17)4-6-13(12)18/h3-6,8-9,16,21H,2,7H2,1H3. The average Bonchev–Trinajstić information content (AvgIpc) is 2.46. The van der Waals surface area contributed by atoms with E-state index in [2.05, 4.69) is 28.2 Å². The van der Waals surface area contributed by atoms with E-state index in [1.807, 2.05) is 36.4 Å². The summed E-state index contributed by atoms with van der Waals surface area (Å²) in [6.45, 7) is 3.01. The topological polar surface area (TPSA) is 12.0 Å². The van der Waals surface area contributed by atoms with Crippen LogP contribution in [0.2, 0.25) is 15.1 Å². The maximum Gasteiger partial charge on any atom is 0.0595 e. The molecule has 21 heavy (non-hydrogen) atoms. The van der Waals surface area contributed by atoms with Gasteiger partial charge in [-0.3, -0.25) is 0 Å². The Labute approximate surface area is 148 Å². The molecule has 0 saturated carbocycles. The van der Waals surface area contributed by atoms with Crippen molar-refractivity contribution < 1.29 is 0 Å². The van der Waals surface area contributed by atoms with E-state index < -0.39 is 0 Å². The van der Waals surface area contributed by atoms with Crippen molar-refractivity contribution in [2.45, 2.75) is 19.4 Å². The van der Waals surface area contributed by atoms with Crippen molar-refractivity contribution >= 4 is 50.7 Å². The first-order valence-corrected chi connectivity index (χ1v) is 8.59. The molecular formula is C16H15BrCl3N. The largest absolute Gasteiger partial charge is 0.306 e. The lowest BCUT2D eigenvalue weighted by molar-refractivity contribution is 0.598. The van der Waals surface area contributed by atoms with E-state index in [1.54, 1.807) is 0 Å². The van der Waals surface area contributed by atoms with Gasteiger partial charge in [-0.1, -0.05) is 63.7 Å². The van der Waals surface area contributed by atoms with E-state index in [-0.39, 0.29) is 6.04 Å². The zero-order valence-corrected chi connectivity index (χ0v) is 15.3. The summed E-state index contributed by atoms with van der Waals surface area (Å²) in [5.74, 6) is 0. The molecule has 0 aliphatic carbocycles. The van der Waals surface area contributed by atoms with E-state index in [4.69, 9.17) is 34.8 Å². The molecule has 0 heterocycles. The molecule has 0 aliphatic rings. The maximum atomic E-state index is 6.37. The lowest BCUT2D eigenvalue weighted by Gasteiger charge is -2.21. The van der Waals surface area contributed by atoms with Gasteiger partial charge in [-0.25, -0.2) is 0 Å². The molecule has 0 aromatic heterocycles. The third-order valence-electron chi connectivity index (χ3n) is 3.14. The van der Waals surface area contributed by atoms with Gasteiger partial charge < -0.3 is 5.32 Å². The highest BCUT2D eigenvalue weighted by Crippen LogP contribution is 2.33. The highest BCUT2D eigenvalue weighted by Gasteiger charge is 2.17. The minimum atomic E-state index is -0.0234. The first kappa shape index (κ1) is 17.1. The van der Waals surface area contributed by atoms with Crippen molar-refractivity contribution in [3.05, 3.63) is 67.1 Å². The van der Waals surface area contributed by atoms with Gasteiger partial charge in [0.15, 0.2) is 0 Å². The van der Waals surface area contributed by atoms with E-state index in [9.17, 15) is 0 Å². The molecule has 0 bridgehead atoms. The van der Waals surface area contributed by atoms with Crippen LogP contribution in [0.15, 0.2) is 40.9 Å². The van der Waals surface area contributed by atoms with Gasteiger partial charge in [0.05, 0.1) is 16.1 Å². The molecule has 1 N–H and O–H groups in total. The zero-order valence-electron chi connectivity index (χ0n) is 11.5. The van der Waals surface area contributed by atoms with Crippen LogP contribution in [0.25, 0.3) is 0 Å². The summed E-state index contributed by atoms with van der Waals surface area (Å²) < 4.78 is 0.991. The Balaban J connectivity index is 2.46. The second kappa shape index (κ2) is 7.85. The van der Waals surface area contributed by atoms with E-state index in [0.717, 1.165) is 33.6 Å². The average molecular weight is 408 g/mol. The van der Waals surface area contributed by atoms with Crippen molar-refractivity contribution in [3.63, 3.8) is 0 Å². The minimum Gasteiger partial charge on any atom is -0.306 e. The van der Waals surface area contributed by atoms with E-state index >= 15 is 0 Å². The second-order valence-electron chi connectivity index (χ2n) is 4.73. The maximum absolute atomic E-state index is 6.37. The zero-order chi connectivity index (χ0) is 15.4. The van der Waals surface area contributed by atoms with Crippen molar-refractivity contribution in [1.29, 1.82) is 0 Å². The number of hydrogen-bond donors (Lipinski definition) is 1. The van der Waals surface area contributed by atoms with E-state index in [0.29, 0.717) is 10.0 Å². The van der Waals surface area contributed by atoms with Gasteiger partial charge in [0.25, 0.3) is 0 Å². The number of hydrogen-bond acceptors (Lipinski definition) is 1. The molecule has 5 heteroatoms. The third kappa shape index (κ3) is 4.37. The monoisotopic (exact) mass is 405 g/mol. The predicted octanol–water partition coefficient (Wildman–Crippen LogP) is 6.50. The van der Waals surface area contributed by atoms with Gasteiger partial charge in [0.1, 0.15) is 0 Å². The predicted molar refractivity (Wildman–Crippen MR) is 95.8 cm³/mol. The lowest BCUT2D eigenvalue weighted by atomic mass is 9.98. The molecule has 2 rings (SSSR count). The number of nitrogens with one attached hydrogen (secondary N) is 1. The van der Waals surface area contributed by atoms with Crippen LogP contribution in [0.1, 0.15) is 30.5 Å². The molecule has 0 spiro atoms. The third-order valence-corrected chi connectivity index (χ3v) is 4.72. The Bertz CT molecular complexity index is 631. The summed E-state index contributed by atoms with van der Waals surface area (Å²) in [6.07, 6.45) is 1.03. The van der Waals surface area contributed by atoms with Gasteiger partial charge in [-0.05, 0) is 54.4 Å². The Morgan fingerprint density at radius 3 is 2.38 bits per heavy atom. The molecule has 1 nitrogen and oxygen atoms in total. The highest BCUT2D eigenvalue weighted by atomic mass is 79.9. The summed E-state index contributed by atoms with van der Waals surface area (Å²) in [4.78, 5) is 0. The summed E-state index contributed by atoms with van der Waals surface area (Å²) >= 11 is 22.0. The van der Waals surface area contributed by atoms with Crippen LogP contribution < -0.4 is 5.32 Å². The fourth-order valence-corrected chi connectivity index (χ4v) is 3.04. The van der Waals surface area contributed by atoms with Crippen LogP contribution in [-0.2, 0) is 0 Å². The van der Waals surface area contributed by atoms with Crippen LogP contribution >= 0.6 is 50.7 Å². The summed E-state index contributed by atoms with van der Waals surface area (Å²) in [5, 5.41) is 5.33.